The standard InChI is InChI=1S/C59H43N3Si.C53H39N3Si/c1-63(2)55-31-10-9-28-53(55)54-30-15-29-52(56(54)63)49-25-12-24-48(37-49)47-23-11-20-44(36-47)42-32-34-43(35-33-42)57-60-58(50-26-13-21-45(38-50)40-16-5-3-6-17-40)62-59(61-57)51-27-14-22-46(39-51)41-18-7-4-8-19-41;1-57(2)49-28-10-9-25-47(49)48-27-14-26-46(50(48)57)44-23-12-22-43(34-44)42-21-11-19-40(33-42)37-29-31-39(32-30-37)52-54-51(38-17-7-4-8-18-38)55-53(56-52)45-24-13-20-41(35-45)36-15-5-3-6-16-36/h3-39H,1-2H3;3-35H,1-2H3. The van der Waals surface area contributed by atoms with Gasteiger partial charge in [0.05, 0.1) is 0 Å². The predicted molar refractivity (Wildman–Crippen MR) is 506 cm³/mol. The summed E-state index contributed by atoms with van der Waals surface area (Å²) >= 11 is 0. The van der Waals surface area contributed by atoms with Crippen molar-refractivity contribution in [3.05, 3.63) is 425 Å². The van der Waals surface area contributed by atoms with Crippen LogP contribution in [0.5, 0.6) is 0 Å². The molecule has 2 aromatic heterocycles. The Hall–Kier alpha value is -14.8. The van der Waals surface area contributed by atoms with Gasteiger partial charge in [0.1, 0.15) is 16.1 Å². The van der Waals surface area contributed by atoms with E-state index in [4.69, 9.17) is 29.9 Å². The third-order valence-corrected chi connectivity index (χ3v) is 31.0. The average molecular weight is 1570 g/mol. The van der Waals surface area contributed by atoms with Crippen LogP contribution in [0.2, 0.25) is 26.2 Å². The Morgan fingerprint density at radius 2 is 0.308 bits per heavy atom. The molecule has 568 valence electrons. The van der Waals surface area contributed by atoms with E-state index in [0.717, 1.165) is 89.0 Å². The third kappa shape index (κ3) is 14.4. The van der Waals surface area contributed by atoms with E-state index in [1.807, 2.05) is 48.5 Å². The molecule has 0 radical (unpaired) electrons. The maximum atomic E-state index is 5.13. The minimum atomic E-state index is -1.87. The summed E-state index contributed by atoms with van der Waals surface area (Å²) in [6.07, 6.45) is 0. The molecule has 0 saturated heterocycles. The highest BCUT2D eigenvalue weighted by Gasteiger charge is 2.41. The highest BCUT2D eigenvalue weighted by atomic mass is 28.3. The number of rotatable bonds is 15. The zero-order valence-corrected chi connectivity index (χ0v) is 69.1. The van der Waals surface area contributed by atoms with Crippen molar-refractivity contribution in [2.75, 3.05) is 0 Å². The van der Waals surface area contributed by atoms with Crippen LogP contribution in [0.4, 0.5) is 0 Å². The monoisotopic (exact) mass is 1570 g/mol. The van der Waals surface area contributed by atoms with Crippen LogP contribution in [0, 0.1) is 0 Å². The first-order valence-electron chi connectivity index (χ1n) is 41.1. The topological polar surface area (TPSA) is 77.3 Å². The molecule has 0 unspecified atom stereocenters. The molecule has 2 aliphatic rings. The summed E-state index contributed by atoms with van der Waals surface area (Å²) in [6, 6.07) is 151. The van der Waals surface area contributed by atoms with Gasteiger partial charge in [0.15, 0.2) is 34.9 Å². The molecule has 19 aromatic rings. The summed E-state index contributed by atoms with van der Waals surface area (Å²) in [5.74, 6) is 3.83. The second-order valence-corrected chi connectivity index (χ2v) is 40.7. The van der Waals surface area contributed by atoms with Crippen LogP contribution < -0.4 is 20.7 Å². The second-order valence-electron chi connectivity index (χ2n) is 32.1. The smallest absolute Gasteiger partial charge is 0.164 e. The van der Waals surface area contributed by atoms with Gasteiger partial charge in [-0.05, 0) is 186 Å². The van der Waals surface area contributed by atoms with E-state index in [1.54, 1.807) is 5.19 Å². The average Bonchev–Trinajstić information content (AvgIpc) is 1.57. The van der Waals surface area contributed by atoms with Gasteiger partial charge in [0, 0.05) is 33.4 Å². The molecule has 2 aliphatic heterocycles. The largest absolute Gasteiger partial charge is 0.208 e. The van der Waals surface area contributed by atoms with Gasteiger partial charge in [-0.15, -0.1) is 0 Å². The summed E-state index contributed by atoms with van der Waals surface area (Å²) in [7, 11) is -3.73. The Labute approximate surface area is 703 Å². The molecule has 0 aliphatic carbocycles. The lowest BCUT2D eigenvalue weighted by atomic mass is 9.94. The molecule has 0 N–H and O–H groups in total. The molecule has 17 aromatic carbocycles. The van der Waals surface area contributed by atoms with Gasteiger partial charge in [-0.25, -0.2) is 29.9 Å². The van der Waals surface area contributed by atoms with Gasteiger partial charge in [-0.1, -0.05) is 408 Å². The summed E-state index contributed by atoms with van der Waals surface area (Å²) < 4.78 is 0. The molecule has 0 saturated carbocycles. The maximum absolute atomic E-state index is 5.13. The summed E-state index contributed by atoms with van der Waals surface area (Å²) in [4.78, 5) is 30.4. The van der Waals surface area contributed by atoms with Gasteiger partial charge < -0.3 is 0 Å². The molecule has 4 heterocycles. The van der Waals surface area contributed by atoms with Crippen LogP contribution in [-0.2, 0) is 0 Å². The van der Waals surface area contributed by atoms with Gasteiger partial charge in [-0.3, -0.25) is 0 Å². The number of aromatic nitrogens is 6. The summed E-state index contributed by atoms with van der Waals surface area (Å²) in [5, 5.41) is 6.14. The van der Waals surface area contributed by atoms with E-state index in [9.17, 15) is 0 Å². The second kappa shape index (κ2) is 31.7. The highest BCUT2D eigenvalue weighted by Crippen LogP contribution is 2.41. The number of hydrogen-bond acceptors (Lipinski definition) is 6. The van der Waals surface area contributed by atoms with E-state index in [2.05, 4.69) is 402 Å². The van der Waals surface area contributed by atoms with Crippen molar-refractivity contribution in [2.24, 2.45) is 0 Å². The van der Waals surface area contributed by atoms with Crippen molar-refractivity contribution >= 4 is 36.9 Å². The Balaban J connectivity index is 0.000000154. The molecule has 0 fully saturated rings. The lowest BCUT2D eigenvalue weighted by molar-refractivity contribution is 1.07. The zero-order chi connectivity index (χ0) is 80.7. The van der Waals surface area contributed by atoms with Crippen LogP contribution in [0.1, 0.15) is 0 Å². The number of benzene rings is 17. The van der Waals surface area contributed by atoms with Gasteiger partial charge in [0.25, 0.3) is 0 Å². The molecular weight excluding hydrogens is 1490 g/mol. The van der Waals surface area contributed by atoms with Gasteiger partial charge in [0.2, 0.25) is 0 Å². The minimum absolute atomic E-state index is 0.629. The first-order chi connectivity index (χ1) is 58.9. The van der Waals surface area contributed by atoms with Crippen LogP contribution in [0.15, 0.2) is 425 Å². The molecule has 8 heteroatoms. The summed E-state index contributed by atoms with van der Waals surface area (Å²) in [6.45, 7) is 9.97. The molecule has 6 nitrogen and oxygen atoms in total. The van der Waals surface area contributed by atoms with Crippen molar-refractivity contribution in [1.82, 2.24) is 29.9 Å². The molecule has 0 bridgehead atoms. The maximum Gasteiger partial charge on any atom is 0.164 e. The Bertz CT molecular complexity index is 6970. The third-order valence-electron chi connectivity index (χ3n) is 23.8. The van der Waals surface area contributed by atoms with E-state index in [0.29, 0.717) is 34.9 Å². The van der Waals surface area contributed by atoms with E-state index in [-0.39, 0.29) is 0 Å². The van der Waals surface area contributed by atoms with Crippen molar-refractivity contribution in [1.29, 1.82) is 0 Å². The minimum Gasteiger partial charge on any atom is -0.208 e. The predicted octanol–water partition coefficient (Wildman–Crippen LogP) is 26.4. The lowest BCUT2D eigenvalue weighted by Crippen LogP contribution is -2.50. The fourth-order valence-corrected chi connectivity index (χ4v) is 24.7. The number of nitrogens with zero attached hydrogens (tertiary/aromatic N) is 6. The van der Waals surface area contributed by atoms with Gasteiger partial charge in [-0.2, -0.15) is 0 Å². The van der Waals surface area contributed by atoms with Crippen LogP contribution in [0.25, 0.3) is 191 Å². The lowest BCUT2D eigenvalue weighted by Gasteiger charge is -2.22. The quantitative estimate of drug-likeness (QED) is 0.0952. The first kappa shape index (κ1) is 74.0. The highest BCUT2D eigenvalue weighted by molar-refractivity contribution is 7.05. The molecule has 0 atom stereocenters. The molecule has 0 amide bonds. The van der Waals surface area contributed by atoms with Crippen molar-refractivity contribution < 1.29 is 0 Å². The summed E-state index contributed by atoms with van der Waals surface area (Å²) in [5.41, 5.74) is 32.6. The van der Waals surface area contributed by atoms with E-state index in [1.165, 1.54) is 82.3 Å². The molecule has 21 rings (SSSR count). The van der Waals surface area contributed by atoms with E-state index < -0.39 is 16.1 Å². The molecule has 120 heavy (non-hydrogen) atoms. The van der Waals surface area contributed by atoms with E-state index >= 15 is 0 Å². The van der Waals surface area contributed by atoms with Crippen molar-refractivity contribution in [3.63, 3.8) is 0 Å². The number of fused-ring (bicyclic) bond motifs is 6. The zero-order valence-electron chi connectivity index (χ0n) is 67.1. The normalized spacial score (nSPS) is 12.5. The van der Waals surface area contributed by atoms with Gasteiger partial charge >= 0.3 is 0 Å². The van der Waals surface area contributed by atoms with Crippen molar-refractivity contribution in [2.45, 2.75) is 26.2 Å². The fraction of sp³-hybridized carbons (Fsp3) is 0.0357. The SMILES string of the molecule is C[Si]1(C)c2ccccc2-c2cccc(-c3cccc(-c4cccc(-c5ccc(-c6nc(-c7cccc(-c8ccccc8)c7)nc(-c7cccc(-c8ccccc8)c7)n6)cc5)c4)c3)c21.C[Si]1(C)c2ccccc2-c2cccc(-c3cccc(-c4cccc(-c5ccc(-c6nc(-c7ccccc7)nc(-c7cccc(-c8ccccc8)c7)n6)cc5)c4)c3)c21. The number of hydrogen-bond donors (Lipinski definition) is 0. The Morgan fingerprint density at radius 1 is 0.133 bits per heavy atom. The van der Waals surface area contributed by atoms with Crippen LogP contribution >= 0.6 is 0 Å². The van der Waals surface area contributed by atoms with Crippen LogP contribution in [0.3, 0.4) is 0 Å². The first-order valence-corrected chi connectivity index (χ1v) is 47.1. The molecule has 0 spiro atoms. The molecular formula is C112H82N6Si2. The Kier molecular flexibility index (Phi) is 19.5. The van der Waals surface area contributed by atoms with Crippen LogP contribution in [-0.4, -0.2) is 46.1 Å². The Morgan fingerprint density at radius 3 is 0.617 bits per heavy atom. The van der Waals surface area contributed by atoms with Crippen molar-refractivity contribution in [3.8, 4) is 191 Å². The fourth-order valence-electron chi connectivity index (χ4n) is 17.8.